The van der Waals surface area contributed by atoms with Crippen molar-refractivity contribution in [1.82, 2.24) is 9.80 Å². The molecule has 0 spiro atoms. The first-order chi connectivity index (χ1) is 14.7. The van der Waals surface area contributed by atoms with Gasteiger partial charge in [0, 0.05) is 19.6 Å². The van der Waals surface area contributed by atoms with Crippen LogP contribution in [0.4, 0.5) is 4.79 Å². The number of piperidine rings is 1. The Kier molecular flexibility index (Phi) is 6.64. The largest absolute Gasteiger partial charge is 0.466 e. The maximum atomic E-state index is 13.4. The summed E-state index contributed by atoms with van der Waals surface area (Å²) in [4.78, 5) is 30.5. The molecule has 0 radical (unpaired) electrons. The number of ether oxygens (including phenoxy) is 1. The van der Waals surface area contributed by atoms with E-state index in [9.17, 15) is 9.59 Å². The number of carbonyl (C=O) groups excluding carboxylic acids is 2. The van der Waals surface area contributed by atoms with Crippen molar-refractivity contribution >= 4 is 12.0 Å². The minimum atomic E-state index is -0.392. The molecular weight excluding hydrogens is 376 g/mol. The molecule has 1 aromatic carbocycles. The van der Waals surface area contributed by atoms with Crippen molar-refractivity contribution in [3.8, 4) is 0 Å². The Morgan fingerprint density at radius 2 is 1.67 bits per heavy atom. The van der Waals surface area contributed by atoms with E-state index >= 15 is 0 Å². The highest BCUT2D eigenvalue weighted by Gasteiger charge is 2.49. The fourth-order valence-corrected chi connectivity index (χ4v) is 6.01. The molecule has 1 aromatic rings. The van der Waals surface area contributed by atoms with E-state index in [1.54, 1.807) is 0 Å². The monoisotopic (exact) mass is 412 g/mol. The van der Waals surface area contributed by atoms with Crippen molar-refractivity contribution in [1.29, 1.82) is 0 Å². The van der Waals surface area contributed by atoms with E-state index in [2.05, 4.69) is 24.3 Å². The van der Waals surface area contributed by atoms with Crippen molar-refractivity contribution in [2.45, 2.75) is 70.8 Å². The third kappa shape index (κ3) is 4.08. The number of urea groups is 1. The van der Waals surface area contributed by atoms with Gasteiger partial charge < -0.3 is 14.5 Å². The van der Waals surface area contributed by atoms with Crippen molar-refractivity contribution in [3.63, 3.8) is 0 Å². The molecule has 1 unspecified atom stereocenters. The van der Waals surface area contributed by atoms with Gasteiger partial charge in [-0.3, -0.25) is 4.79 Å². The number of rotatable bonds is 4. The standard InChI is InChI=1S/C25H36N2O3/c1-2-30-23(28)25(21-12-7-4-8-13-21)15-18-26(19-16-25)24(29)27-17-9-14-22(27)20-10-5-3-6-11-20/h3,5-6,10-11,21-22H,2,4,7-9,12-19H2,1H3. The van der Waals surface area contributed by atoms with E-state index in [4.69, 9.17) is 4.74 Å². The number of hydrogen-bond acceptors (Lipinski definition) is 3. The third-order valence-electron chi connectivity index (χ3n) is 7.68. The number of nitrogens with zero attached hydrogens (tertiary/aromatic N) is 2. The highest BCUT2D eigenvalue weighted by Crippen LogP contribution is 2.47. The second-order valence-corrected chi connectivity index (χ2v) is 9.24. The van der Waals surface area contributed by atoms with E-state index in [1.165, 1.54) is 24.8 Å². The molecule has 0 bridgehead atoms. The fraction of sp³-hybridized carbons (Fsp3) is 0.680. The molecule has 3 aliphatic rings. The molecule has 1 saturated carbocycles. The average Bonchev–Trinajstić information content (AvgIpc) is 3.30. The van der Waals surface area contributed by atoms with Gasteiger partial charge in [-0.25, -0.2) is 4.79 Å². The second kappa shape index (κ2) is 9.40. The highest BCUT2D eigenvalue weighted by molar-refractivity contribution is 5.79. The van der Waals surface area contributed by atoms with Gasteiger partial charge in [0.25, 0.3) is 0 Å². The summed E-state index contributed by atoms with van der Waals surface area (Å²) in [5.74, 6) is 0.388. The Bertz CT molecular complexity index is 721. The Balaban J connectivity index is 1.45. The van der Waals surface area contributed by atoms with E-state index in [0.29, 0.717) is 25.6 Å². The van der Waals surface area contributed by atoms with Gasteiger partial charge in [-0.2, -0.15) is 0 Å². The van der Waals surface area contributed by atoms with Gasteiger partial charge in [-0.05, 0) is 56.9 Å². The van der Waals surface area contributed by atoms with Crippen molar-refractivity contribution in [2.75, 3.05) is 26.2 Å². The lowest BCUT2D eigenvalue weighted by atomic mass is 9.64. The van der Waals surface area contributed by atoms with Crippen LogP contribution in [0.15, 0.2) is 30.3 Å². The van der Waals surface area contributed by atoms with Gasteiger partial charge in [0.1, 0.15) is 0 Å². The van der Waals surface area contributed by atoms with Crippen LogP contribution in [-0.4, -0.2) is 48.0 Å². The normalized spacial score (nSPS) is 24.6. The number of hydrogen-bond donors (Lipinski definition) is 0. The lowest BCUT2D eigenvalue weighted by Gasteiger charge is -2.46. The van der Waals surface area contributed by atoms with Crippen molar-refractivity contribution < 1.29 is 14.3 Å². The van der Waals surface area contributed by atoms with Crippen LogP contribution >= 0.6 is 0 Å². The maximum Gasteiger partial charge on any atom is 0.320 e. The summed E-state index contributed by atoms with van der Waals surface area (Å²) in [6, 6.07) is 10.7. The predicted molar refractivity (Wildman–Crippen MR) is 117 cm³/mol. The minimum Gasteiger partial charge on any atom is -0.466 e. The molecule has 4 rings (SSSR count). The zero-order valence-corrected chi connectivity index (χ0v) is 18.4. The number of benzene rings is 1. The molecule has 1 atom stereocenters. The number of carbonyl (C=O) groups is 2. The molecule has 5 nitrogen and oxygen atoms in total. The molecule has 0 N–H and O–H groups in total. The Hall–Kier alpha value is -2.04. The first-order valence-corrected chi connectivity index (χ1v) is 11.9. The molecule has 2 saturated heterocycles. The molecule has 0 aromatic heterocycles. The lowest BCUT2D eigenvalue weighted by molar-refractivity contribution is -0.164. The first kappa shape index (κ1) is 21.2. The summed E-state index contributed by atoms with van der Waals surface area (Å²) in [6.07, 6.45) is 9.49. The Morgan fingerprint density at radius 3 is 2.33 bits per heavy atom. The lowest BCUT2D eigenvalue weighted by Crippen LogP contribution is -2.53. The van der Waals surface area contributed by atoms with Crippen LogP contribution in [0.2, 0.25) is 0 Å². The summed E-state index contributed by atoms with van der Waals surface area (Å²) in [5.41, 5.74) is 0.834. The zero-order valence-electron chi connectivity index (χ0n) is 18.4. The Morgan fingerprint density at radius 1 is 0.967 bits per heavy atom. The average molecular weight is 413 g/mol. The van der Waals surface area contributed by atoms with Gasteiger partial charge in [0.2, 0.25) is 0 Å². The predicted octanol–water partition coefficient (Wildman–Crippen LogP) is 5.17. The minimum absolute atomic E-state index is 0.0210. The van der Waals surface area contributed by atoms with E-state index < -0.39 is 5.41 Å². The van der Waals surface area contributed by atoms with Crippen LogP contribution in [0, 0.1) is 11.3 Å². The van der Waals surface area contributed by atoms with Crippen LogP contribution in [-0.2, 0) is 9.53 Å². The van der Waals surface area contributed by atoms with E-state index in [1.807, 2.05) is 22.8 Å². The van der Waals surface area contributed by atoms with Gasteiger partial charge >= 0.3 is 12.0 Å². The van der Waals surface area contributed by atoms with E-state index in [0.717, 1.165) is 45.1 Å². The van der Waals surface area contributed by atoms with Gasteiger partial charge in [0.15, 0.2) is 0 Å². The molecular formula is C25H36N2O3. The quantitative estimate of drug-likeness (QED) is 0.641. The highest BCUT2D eigenvalue weighted by atomic mass is 16.5. The summed E-state index contributed by atoms with van der Waals surface area (Å²) in [6.45, 7) is 4.46. The topological polar surface area (TPSA) is 49.9 Å². The fourth-order valence-electron chi connectivity index (χ4n) is 6.01. The first-order valence-electron chi connectivity index (χ1n) is 11.9. The summed E-state index contributed by atoms with van der Waals surface area (Å²) >= 11 is 0. The molecule has 30 heavy (non-hydrogen) atoms. The molecule has 3 fully saturated rings. The molecule has 2 aliphatic heterocycles. The van der Waals surface area contributed by atoms with Gasteiger partial charge in [-0.1, -0.05) is 49.6 Å². The summed E-state index contributed by atoms with van der Waals surface area (Å²) < 4.78 is 5.56. The van der Waals surface area contributed by atoms with Gasteiger partial charge in [-0.15, -0.1) is 0 Å². The number of esters is 1. The van der Waals surface area contributed by atoms with Crippen LogP contribution in [0.5, 0.6) is 0 Å². The van der Waals surface area contributed by atoms with Gasteiger partial charge in [0.05, 0.1) is 18.1 Å². The van der Waals surface area contributed by atoms with Crippen LogP contribution in [0.3, 0.4) is 0 Å². The molecule has 1 aliphatic carbocycles. The summed E-state index contributed by atoms with van der Waals surface area (Å²) in [7, 11) is 0. The number of amides is 2. The Labute approximate surface area is 180 Å². The summed E-state index contributed by atoms with van der Waals surface area (Å²) in [5, 5.41) is 0. The van der Waals surface area contributed by atoms with Crippen molar-refractivity contribution in [2.24, 2.45) is 11.3 Å². The SMILES string of the molecule is CCOC(=O)C1(C2CCCCC2)CCN(C(=O)N2CCCC2c2ccccc2)CC1. The molecule has 164 valence electrons. The zero-order chi connectivity index (χ0) is 21.0. The molecule has 5 heteroatoms. The van der Waals surface area contributed by atoms with Crippen LogP contribution < -0.4 is 0 Å². The van der Waals surface area contributed by atoms with Crippen LogP contribution in [0.25, 0.3) is 0 Å². The van der Waals surface area contributed by atoms with E-state index in [-0.39, 0.29) is 18.0 Å². The molecule has 2 amide bonds. The third-order valence-corrected chi connectivity index (χ3v) is 7.68. The molecule has 2 heterocycles. The number of likely N-dealkylation sites (tertiary alicyclic amines) is 2. The second-order valence-electron chi connectivity index (χ2n) is 9.24. The maximum absolute atomic E-state index is 13.4. The van der Waals surface area contributed by atoms with Crippen molar-refractivity contribution in [3.05, 3.63) is 35.9 Å². The van der Waals surface area contributed by atoms with Crippen LogP contribution in [0.1, 0.15) is 76.3 Å². The smallest absolute Gasteiger partial charge is 0.320 e.